The minimum atomic E-state index is -1.13. The molecule has 9 heteroatoms. The summed E-state index contributed by atoms with van der Waals surface area (Å²) in [5.74, 6) is -2.02. The zero-order valence-corrected chi connectivity index (χ0v) is 17.0. The van der Waals surface area contributed by atoms with E-state index in [4.69, 9.17) is 16.2 Å². The lowest BCUT2D eigenvalue weighted by atomic mass is 10.0. The van der Waals surface area contributed by atoms with Gasteiger partial charge in [0.2, 0.25) is 17.7 Å². The first-order chi connectivity index (χ1) is 14.8. The van der Waals surface area contributed by atoms with E-state index in [9.17, 15) is 19.2 Å². The number of primary amides is 2. The highest BCUT2D eigenvalue weighted by atomic mass is 16.5. The predicted molar refractivity (Wildman–Crippen MR) is 113 cm³/mol. The highest BCUT2D eigenvalue weighted by molar-refractivity contribution is 5.91. The Hall–Kier alpha value is -3.88. The van der Waals surface area contributed by atoms with E-state index in [1.165, 1.54) is 0 Å². The Labute approximate surface area is 180 Å². The number of ether oxygens (including phenoxy) is 1. The second-order valence-corrected chi connectivity index (χ2v) is 6.92. The standard InChI is InChI=1S/C22H26N4O5/c23-19(27)12-11-17(26-22(30)31-14-16-9-5-2-6-10-16)21(29)25-18(20(24)28)13-15-7-3-1-4-8-15/h1-10,17-18H,11-14H2,(H2,23,27)(H2,24,28)(H,25,29)(H,26,30). The van der Waals surface area contributed by atoms with Gasteiger partial charge in [-0.25, -0.2) is 4.79 Å². The summed E-state index contributed by atoms with van der Waals surface area (Å²) >= 11 is 0. The van der Waals surface area contributed by atoms with Crippen LogP contribution in [-0.2, 0) is 32.1 Å². The van der Waals surface area contributed by atoms with Crippen LogP contribution >= 0.6 is 0 Å². The molecule has 0 spiro atoms. The van der Waals surface area contributed by atoms with E-state index in [0.29, 0.717) is 0 Å². The minimum Gasteiger partial charge on any atom is -0.445 e. The molecule has 2 rings (SSSR count). The van der Waals surface area contributed by atoms with Crippen LogP contribution in [0.4, 0.5) is 4.79 Å². The minimum absolute atomic E-state index is 0.00868. The van der Waals surface area contributed by atoms with E-state index in [2.05, 4.69) is 10.6 Å². The Morgan fingerprint density at radius 2 is 1.39 bits per heavy atom. The van der Waals surface area contributed by atoms with Crippen molar-refractivity contribution in [3.05, 3.63) is 71.8 Å². The summed E-state index contributed by atoms with van der Waals surface area (Å²) < 4.78 is 5.13. The van der Waals surface area contributed by atoms with Crippen LogP contribution in [0.5, 0.6) is 0 Å². The van der Waals surface area contributed by atoms with Crippen molar-refractivity contribution in [1.29, 1.82) is 0 Å². The molecule has 0 saturated heterocycles. The molecule has 0 heterocycles. The van der Waals surface area contributed by atoms with Gasteiger partial charge >= 0.3 is 6.09 Å². The maximum atomic E-state index is 12.7. The van der Waals surface area contributed by atoms with Crippen molar-refractivity contribution in [3.8, 4) is 0 Å². The lowest BCUT2D eigenvalue weighted by molar-refractivity contribution is -0.128. The maximum absolute atomic E-state index is 12.7. The molecule has 2 unspecified atom stereocenters. The number of carbonyl (C=O) groups excluding carboxylic acids is 4. The zero-order valence-electron chi connectivity index (χ0n) is 17.0. The van der Waals surface area contributed by atoms with Gasteiger partial charge in [0.1, 0.15) is 18.7 Å². The third kappa shape index (κ3) is 8.57. The van der Waals surface area contributed by atoms with Gasteiger partial charge in [0.25, 0.3) is 0 Å². The van der Waals surface area contributed by atoms with Crippen LogP contribution in [0.25, 0.3) is 0 Å². The molecule has 0 aliphatic rings. The van der Waals surface area contributed by atoms with E-state index in [0.717, 1.165) is 11.1 Å². The summed E-state index contributed by atoms with van der Waals surface area (Å²) in [7, 11) is 0. The summed E-state index contributed by atoms with van der Waals surface area (Å²) in [5.41, 5.74) is 12.2. The van der Waals surface area contributed by atoms with E-state index >= 15 is 0 Å². The monoisotopic (exact) mass is 426 g/mol. The second kappa shape index (κ2) is 12.0. The van der Waals surface area contributed by atoms with Gasteiger partial charge in [-0.3, -0.25) is 14.4 Å². The Morgan fingerprint density at radius 3 is 1.94 bits per heavy atom. The molecule has 9 nitrogen and oxygen atoms in total. The van der Waals surface area contributed by atoms with Gasteiger partial charge < -0.3 is 26.8 Å². The molecule has 0 radical (unpaired) electrons. The van der Waals surface area contributed by atoms with E-state index in [-0.39, 0.29) is 25.9 Å². The van der Waals surface area contributed by atoms with Gasteiger partial charge in [-0.2, -0.15) is 0 Å². The molecule has 0 aliphatic heterocycles. The first-order valence-corrected chi connectivity index (χ1v) is 9.74. The average molecular weight is 426 g/mol. The Kier molecular flexibility index (Phi) is 9.03. The summed E-state index contributed by atoms with van der Waals surface area (Å²) in [6.07, 6.45) is -0.856. The molecule has 31 heavy (non-hydrogen) atoms. The number of carbonyl (C=O) groups is 4. The lowest BCUT2D eigenvalue weighted by Crippen LogP contribution is -2.53. The first-order valence-electron chi connectivity index (χ1n) is 9.74. The molecule has 0 aromatic heterocycles. The van der Waals surface area contributed by atoms with E-state index in [1.807, 2.05) is 12.1 Å². The van der Waals surface area contributed by atoms with Crippen LogP contribution in [0.3, 0.4) is 0 Å². The van der Waals surface area contributed by atoms with Gasteiger partial charge in [0, 0.05) is 12.8 Å². The first kappa shape index (κ1) is 23.4. The quantitative estimate of drug-likeness (QED) is 0.418. The number of nitrogens with two attached hydrogens (primary N) is 2. The fourth-order valence-corrected chi connectivity index (χ4v) is 2.81. The number of hydrogen-bond donors (Lipinski definition) is 4. The summed E-state index contributed by atoms with van der Waals surface area (Å²) in [6, 6.07) is 15.9. The highest BCUT2D eigenvalue weighted by Gasteiger charge is 2.26. The third-order valence-electron chi connectivity index (χ3n) is 4.44. The smallest absolute Gasteiger partial charge is 0.408 e. The average Bonchev–Trinajstić information content (AvgIpc) is 2.75. The zero-order chi connectivity index (χ0) is 22.6. The maximum Gasteiger partial charge on any atom is 0.408 e. The molecule has 0 bridgehead atoms. The van der Waals surface area contributed by atoms with Crippen molar-refractivity contribution < 1.29 is 23.9 Å². The molecule has 6 N–H and O–H groups in total. The predicted octanol–water partition coefficient (Wildman–Crippen LogP) is 0.760. The SMILES string of the molecule is NC(=O)CCC(NC(=O)OCc1ccccc1)C(=O)NC(Cc1ccccc1)C(N)=O. The number of rotatable bonds is 11. The van der Waals surface area contributed by atoms with Crippen LogP contribution in [-0.4, -0.2) is 35.9 Å². The van der Waals surface area contributed by atoms with E-state index < -0.39 is 35.9 Å². The lowest BCUT2D eigenvalue weighted by Gasteiger charge is -2.21. The van der Waals surface area contributed by atoms with Crippen molar-refractivity contribution in [2.45, 2.75) is 38.0 Å². The third-order valence-corrected chi connectivity index (χ3v) is 4.44. The van der Waals surface area contributed by atoms with E-state index in [1.54, 1.807) is 48.5 Å². The van der Waals surface area contributed by atoms with Crippen molar-refractivity contribution in [2.24, 2.45) is 11.5 Å². The highest BCUT2D eigenvalue weighted by Crippen LogP contribution is 2.06. The van der Waals surface area contributed by atoms with Crippen molar-refractivity contribution >= 4 is 23.8 Å². The van der Waals surface area contributed by atoms with Gasteiger partial charge in [-0.15, -0.1) is 0 Å². The number of alkyl carbamates (subject to hydrolysis) is 1. The molecule has 0 aliphatic carbocycles. The molecule has 0 fully saturated rings. The van der Waals surface area contributed by atoms with Gasteiger partial charge in [-0.05, 0) is 17.5 Å². The Balaban J connectivity index is 2.00. The number of nitrogens with one attached hydrogen (secondary N) is 2. The van der Waals surface area contributed by atoms with Gasteiger partial charge in [-0.1, -0.05) is 60.7 Å². The fraction of sp³-hybridized carbons (Fsp3) is 0.273. The normalized spacial score (nSPS) is 12.3. The summed E-state index contributed by atoms with van der Waals surface area (Å²) in [6.45, 7) is 0.00868. The van der Waals surface area contributed by atoms with Gasteiger partial charge in [0.05, 0.1) is 0 Å². The number of hydrogen-bond acceptors (Lipinski definition) is 5. The fourth-order valence-electron chi connectivity index (χ4n) is 2.81. The second-order valence-electron chi connectivity index (χ2n) is 6.92. The van der Waals surface area contributed by atoms with Crippen LogP contribution in [0.1, 0.15) is 24.0 Å². The molecule has 4 amide bonds. The number of benzene rings is 2. The molecule has 0 saturated carbocycles. The molecule has 2 atom stereocenters. The van der Waals surface area contributed by atoms with Crippen molar-refractivity contribution in [2.75, 3.05) is 0 Å². The molecule has 164 valence electrons. The summed E-state index contributed by atoms with van der Waals surface area (Å²) in [5, 5.41) is 4.95. The van der Waals surface area contributed by atoms with Crippen LogP contribution in [0, 0.1) is 0 Å². The van der Waals surface area contributed by atoms with Crippen LogP contribution in [0.15, 0.2) is 60.7 Å². The summed E-state index contributed by atoms with van der Waals surface area (Å²) in [4.78, 5) is 47.9. The molecular weight excluding hydrogens is 400 g/mol. The molecule has 2 aromatic rings. The topological polar surface area (TPSA) is 154 Å². The van der Waals surface area contributed by atoms with Crippen molar-refractivity contribution in [3.63, 3.8) is 0 Å². The van der Waals surface area contributed by atoms with Crippen LogP contribution in [0.2, 0.25) is 0 Å². The molecule has 2 aromatic carbocycles. The van der Waals surface area contributed by atoms with Crippen molar-refractivity contribution in [1.82, 2.24) is 10.6 Å². The van der Waals surface area contributed by atoms with Crippen LogP contribution < -0.4 is 22.1 Å². The Bertz CT molecular complexity index is 889. The molecular formula is C22H26N4O5. The largest absolute Gasteiger partial charge is 0.445 e. The Morgan fingerprint density at radius 1 is 0.806 bits per heavy atom. The van der Waals surface area contributed by atoms with Gasteiger partial charge in [0.15, 0.2) is 0 Å². The number of amides is 4.